The third-order valence-electron chi connectivity index (χ3n) is 7.50. The Hall–Kier alpha value is -4.63. The molecule has 2 amide bonds. The number of carbonyl (C=O) groups excluding carboxylic acids is 2. The number of nitrogens with zero attached hydrogens (tertiary/aromatic N) is 2. The summed E-state index contributed by atoms with van der Waals surface area (Å²) in [6.45, 7) is 9.80. The van der Waals surface area contributed by atoms with Gasteiger partial charge in [-0.3, -0.25) is 13.9 Å². The highest BCUT2D eigenvalue weighted by Crippen LogP contribution is 2.29. The second-order valence-electron chi connectivity index (χ2n) is 11.8. The fourth-order valence-corrected chi connectivity index (χ4v) is 6.43. The number of para-hydroxylation sites is 1. The summed E-state index contributed by atoms with van der Waals surface area (Å²) in [7, 11) is -4.18. The third kappa shape index (κ3) is 8.97. The number of rotatable bonds is 14. The van der Waals surface area contributed by atoms with Gasteiger partial charge < -0.3 is 15.0 Å². The number of benzene rings is 4. The number of nitrogens with one attached hydrogen (secondary N) is 1. The van der Waals surface area contributed by atoms with E-state index >= 15 is 0 Å². The van der Waals surface area contributed by atoms with Gasteiger partial charge in [0, 0.05) is 13.1 Å². The van der Waals surface area contributed by atoms with Gasteiger partial charge in [-0.15, -0.1) is 0 Å². The van der Waals surface area contributed by atoms with Crippen molar-refractivity contribution < 1.29 is 22.7 Å². The lowest BCUT2D eigenvalue weighted by Crippen LogP contribution is -2.52. The van der Waals surface area contributed by atoms with Crippen LogP contribution in [0.4, 0.5) is 5.69 Å². The molecule has 1 atom stereocenters. The summed E-state index contributed by atoms with van der Waals surface area (Å²) in [6.07, 6.45) is 0.359. The fraction of sp³-hybridized carbons (Fsp3) is 0.297. The lowest BCUT2D eigenvalue weighted by Gasteiger charge is -2.33. The molecule has 0 aliphatic rings. The Balaban J connectivity index is 1.72. The first-order chi connectivity index (χ1) is 22.0. The van der Waals surface area contributed by atoms with E-state index in [1.165, 1.54) is 17.0 Å². The van der Waals surface area contributed by atoms with E-state index in [9.17, 15) is 18.0 Å². The number of carbonyl (C=O) groups is 2. The average Bonchev–Trinajstić information content (AvgIpc) is 3.03. The zero-order chi connectivity index (χ0) is 33.3. The van der Waals surface area contributed by atoms with Crippen molar-refractivity contribution in [2.75, 3.05) is 17.4 Å². The molecule has 0 heterocycles. The quantitative estimate of drug-likeness (QED) is 0.162. The van der Waals surface area contributed by atoms with E-state index in [2.05, 4.69) is 5.32 Å². The van der Waals surface area contributed by atoms with Gasteiger partial charge in [0.2, 0.25) is 11.8 Å². The van der Waals surface area contributed by atoms with Crippen molar-refractivity contribution >= 4 is 27.5 Å². The summed E-state index contributed by atoms with van der Waals surface area (Å²) >= 11 is 0. The van der Waals surface area contributed by atoms with Crippen molar-refractivity contribution in [2.24, 2.45) is 5.92 Å². The van der Waals surface area contributed by atoms with Crippen LogP contribution in [-0.2, 0) is 26.2 Å². The van der Waals surface area contributed by atoms with Crippen LogP contribution in [0.25, 0.3) is 0 Å². The molecule has 0 bridgehead atoms. The summed E-state index contributed by atoms with van der Waals surface area (Å²) in [5.74, 6) is 0.623. The van der Waals surface area contributed by atoms with Gasteiger partial charge in [-0.2, -0.15) is 0 Å². The van der Waals surface area contributed by atoms with Gasteiger partial charge in [0.05, 0.1) is 10.6 Å². The molecule has 0 fully saturated rings. The number of amides is 2. The monoisotopic (exact) mass is 641 g/mol. The SMILES string of the molecule is CCC(C(=O)NCC(C)C)N(Cc1cccc(C)c1)C(=O)CN(c1ccc(Oc2ccccc2)cc1)S(=O)(=O)c1ccc(C)cc1. The van der Waals surface area contributed by atoms with Crippen LogP contribution in [0.2, 0.25) is 0 Å². The normalized spacial score (nSPS) is 12.0. The Labute approximate surface area is 273 Å². The van der Waals surface area contributed by atoms with Crippen molar-refractivity contribution in [1.82, 2.24) is 10.2 Å². The minimum Gasteiger partial charge on any atom is -0.457 e. The first-order valence-corrected chi connectivity index (χ1v) is 17.0. The van der Waals surface area contributed by atoms with E-state index in [0.29, 0.717) is 30.2 Å². The summed E-state index contributed by atoms with van der Waals surface area (Å²) in [4.78, 5) is 29.3. The standard InChI is InChI=1S/C37H43N3O5S/c1-6-35(37(42)38-24-27(2)3)39(25-30-12-10-11-29(5)23-30)36(41)26-40(46(43,44)34-21-15-28(4)16-22-34)31-17-19-33(20-18-31)45-32-13-8-7-9-14-32/h7-23,27,35H,6,24-26H2,1-5H3,(H,38,42). The van der Waals surface area contributed by atoms with Gasteiger partial charge in [-0.05, 0) is 80.3 Å². The van der Waals surface area contributed by atoms with Crippen LogP contribution in [0.15, 0.2) is 108 Å². The van der Waals surface area contributed by atoms with Crippen LogP contribution in [0.5, 0.6) is 11.5 Å². The van der Waals surface area contributed by atoms with Gasteiger partial charge in [-0.1, -0.05) is 86.5 Å². The number of anilines is 1. The van der Waals surface area contributed by atoms with E-state index < -0.39 is 28.5 Å². The van der Waals surface area contributed by atoms with Gasteiger partial charge in [0.15, 0.2) is 0 Å². The van der Waals surface area contributed by atoms with Crippen LogP contribution in [-0.4, -0.2) is 44.3 Å². The van der Waals surface area contributed by atoms with Crippen LogP contribution in [0.3, 0.4) is 0 Å². The molecule has 46 heavy (non-hydrogen) atoms. The maximum Gasteiger partial charge on any atom is 0.264 e. The van der Waals surface area contributed by atoms with E-state index in [1.54, 1.807) is 36.4 Å². The molecule has 0 saturated carbocycles. The molecule has 4 aromatic rings. The van der Waals surface area contributed by atoms with E-state index in [-0.39, 0.29) is 23.3 Å². The zero-order valence-electron chi connectivity index (χ0n) is 27.1. The zero-order valence-corrected chi connectivity index (χ0v) is 28.0. The highest BCUT2D eigenvalue weighted by molar-refractivity contribution is 7.92. The molecule has 4 rings (SSSR count). The van der Waals surface area contributed by atoms with E-state index in [1.807, 2.05) is 89.2 Å². The molecule has 1 unspecified atom stereocenters. The van der Waals surface area contributed by atoms with E-state index in [0.717, 1.165) is 21.0 Å². The lowest BCUT2D eigenvalue weighted by atomic mass is 10.1. The minimum absolute atomic E-state index is 0.0578. The Morgan fingerprint density at radius 3 is 2.07 bits per heavy atom. The van der Waals surface area contributed by atoms with Crippen molar-refractivity contribution in [2.45, 2.75) is 58.5 Å². The van der Waals surface area contributed by atoms with Gasteiger partial charge >= 0.3 is 0 Å². The Morgan fingerprint density at radius 2 is 1.46 bits per heavy atom. The first kappa shape index (κ1) is 34.2. The third-order valence-corrected chi connectivity index (χ3v) is 9.29. The predicted octanol–water partition coefficient (Wildman–Crippen LogP) is 6.87. The molecule has 0 radical (unpaired) electrons. The van der Waals surface area contributed by atoms with Gasteiger partial charge in [0.1, 0.15) is 24.1 Å². The number of hydrogen-bond acceptors (Lipinski definition) is 5. The molecule has 0 aliphatic carbocycles. The van der Waals surface area contributed by atoms with Crippen molar-refractivity contribution in [3.05, 3.63) is 120 Å². The summed E-state index contributed by atoms with van der Waals surface area (Å²) < 4.78 is 35.4. The Bertz CT molecular complexity index is 1710. The molecule has 0 saturated heterocycles. The van der Waals surface area contributed by atoms with Crippen LogP contribution >= 0.6 is 0 Å². The first-order valence-electron chi connectivity index (χ1n) is 15.5. The topological polar surface area (TPSA) is 96.0 Å². The van der Waals surface area contributed by atoms with Crippen LogP contribution in [0.1, 0.15) is 43.9 Å². The van der Waals surface area contributed by atoms with Crippen molar-refractivity contribution in [3.8, 4) is 11.5 Å². The molecular formula is C37H43N3O5S. The number of aryl methyl sites for hydroxylation is 2. The van der Waals surface area contributed by atoms with Crippen LogP contribution < -0.4 is 14.4 Å². The highest BCUT2D eigenvalue weighted by atomic mass is 32.2. The van der Waals surface area contributed by atoms with Crippen molar-refractivity contribution in [3.63, 3.8) is 0 Å². The molecule has 0 aromatic heterocycles. The predicted molar refractivity (Wildman–Crippen MR) is 182 cm³/mol. The van der Waals surface area contributed by atoms with Gasteiger partial charge in [-0.25, -0.2) is 8.42 Å². The largest absolute Gasteiger partial charge is 0.457 e. The Kier molecular flexibility index (Phi) is 11.6. The second-order valence-corrected chi connectivity index (χ2v) is 13.7. The summed E-state index contributed by atoms with van der Waals surface area (Å²) in [6, 6.07) is 29.3. The number of sulfonamides is 1. The number of ether oxygens (including phenoxy) is 1. The molecule has 242 valence electrons. The van der Waals surface area contributed by atoms with Gasteiger partial charge in [0.25, 0.3) is 10.0 Å². The van der Waals surface area contributed by atoms with Crippen LogP contribution in [0, 0.1) is 19.8 Å². The molecule has 9 heteroatoms. The maximum atomic E-state index is 14.3. The Morgan fingerprint density at radius 1 is 0.804 bits per heavy atom. The maximum absolute atomic E-state index is 14.3. The summed E-state index contributed by atoms with van der Waals surface area (Å²) in [5.41, 5.74) is 3.07. The molecule has 1 N–H and O–H groups in total. The highest BCUT2D eigenvalue weighted by Gasteiger charge is 2.33. The second kappa shape index (κ2) is 15.6. The average molecular weight is 642 g/mol. The molecule has 0 aliphatic heterocycles. The molecule has 0 spiro atoms. The van der Waals surface area contributed by atoms with Crippen molar-refractivity contribution in [1.29, 1.82) is 0 Å². The van der Waals surface area contributed by atoms with E-state index in [4.69, 9.17) is 4.74 Å². The molecule has 4 aromatic carbocycles. The molecular weight excluding hydrogens is 598 g/mol. The fourth-order valence-electron chi connectivity index (χ4n) is 5.02. The summed E-state index contributed by atoms with van der Waals surface area (Å²) in [5, 5.41) is 2.96. The molecule has 8 nitrogen and oxygen atoms in total. The number of hydrogen-bond donors (Lipinski definition) is 1. The lowest BCUT2D eigenvalue weighted by molar-refractivity contribution is -0.140. The minimum atomic E-state index is -4.18. The smallest absolute Gasteiger partial charge is 0.264 e.